The van der Waals surface area contributed by atoms with Crippen LogP contribution < -0.4 is 19.5 Å². The fraction of sp³-hybridized carbons (Fsp3) is 0.381. The smallest absolute Gasteiger partial charge is 0.258 e. The van der Waals surface area contributed by atoms with E-state index in [2.05, 4.69) is 5.32 Å². The molecule has 27 heavy (non-hydrogen) atoms. The Morgan fingerprint density at radius 3 is 2.26 bits per heavy atom. The van der Waals surface area contributed by atoms with Crippen LogP contribution in [-0.4, -0.2) is 51.8 Å². The first-order valence-corrected chi connectivity index (χ1v) is 8.96. The van der Waals surface area contributed by atoms with E-state index in [-0.39, 0.29) is 18.6 Å². The second kappa shape index (κ2) is 10.4. The van der Waals surface area contributed by atoms with Crippen molar-refractivity contribution in [3.05, 3.63) is 54.1 Å². The van der Waals surface area contributed by atoms with Crippen molar-refractivity contribution in [2.75, 3.05) is 41.0 Å². The molecule has 1 amide bonds. The third kappa shape index (κ3) is 6.18. The number of carbonyl (C=O) groups is 1. The summed E-state index contributed by atoms with van der Waals surface area (Å²) in [5.74, 6) is 2.03. The molecule has 0 saturated carbocycles. The lowest BCUT2D eigenvalue weighted by atomic mass is 10.0. The molecule has 0 aliphatic carbocycles. The number of hydrogen-bond donors (Lipinski definition) is 1. The first-order valence-electron chi connectivity index (χ1n) is 8.96. The van der Waals surface area contributed by atoms with E-state index in [1.54, 1.807) is 19.2 Å². The first-order chi connectivity index (χ1) is 13.0. The minimum absolute atomic E-state index is 0.00410. The largest absolute Gasteiger partial charge is 0.496 e. The number of rotatable bonds is 10. The molecule has 1 N–H and O–H groups in total. The van der Waals surface area contributed by atoms with Gasteiger partial charge in [0.15, 0.2) is 6.61 Å². The molecule has 0 heterocycles. The number of nitrogens with zero attached hydrogens (tertiary/aromatic N) is 1. The minimum atomic E-state index is -0.175. The number of para-hydroxylation sites is 1. The Kier molecular flexibility index (Phi) is 7.95. The molecule has 0 fully saturated rings. The SMILES string of the molecule is CCOc1ccc(OCC(=O)NCC(c2ccccc2OC)N(C)C)cc1. The van der Waals surface area contributed by atoms with Crippen molar-refractivity contribution in [2.24, 2.45) is 0 Å². The van der Waals surface area contributed by atoms with Crippen molar-refractivity contribution in [1.29, 1.82) is 0 Å². The lowest BCUT2D eigenvalue weighted by Crippen LogP contribution is -2.37. The number of carbonyl (C=O) groups excluding carboxylic acids is 1. The second-order valence-electron chi connectivity index (χ2n) is 6.22. The standard InChI is InChI=1S/C21H28N2O4/c1-5-26-16-10-12-17(13-11-16)27-15-21(24)22-14-19(23(2)3)18-8-6-7-9-20(18)25-4/h6-13,19H,5,14-15H2,1-4H3,(H,22,24). The van der Waals surface area contributed by atoms with E-state index < -0.39 is 0 Å². The van der Waals surface area contributed by atoms with Crippen LogP contribution in [0.4, 0.5) is 0 Å². The topological polar surface area (TPSA) is 60.0 Å². The van der Waals surface area contributed by atoms with Crippen LogP contribution in [0.3, 0.4) is 0 Å². The predicted octanol–water partition coefficient (Wildman–Crippen LogP) is 2.89. The van der Waals surface area contributed by atoms with Crippen LogP contribution in [0, 0.1) is 0 Å². The van der Waals surface area contributed by atoms with E-state index in [1.807, 2.05) is 62.3 Å². The Morgan fingerprint density at radius 2 is 1.67 bits per heavy atom. The van der Waals surface area contributed by atoms with E-state index in [1.165, 1.54) is 0 Å². The van der Waals surface area contributed by atoms with Gasteiger partial charge in [-0.15, -0.1) is 0 Å². The predicted molar refractivity (Wildman–Crippen MR) is 106 cm³/mol. The molecular weight excluding hydrogens is 344 g/mol. The Hall–Kier alpha value is -2.73. The quantitative estimate of drug-likeness (QED) is 0.695. The van der Waals surface area contributed by atoms with Crippen LogP contribution in [0.1, 0.15) is 18.5 Å². The van der Waals surface area contributed by atoms with Gasteiger partial charge in [0.2, 0.25) is 0 Å². The molecule has 6 nitrogen and oxygen atoms in total. The molecule has 1 atom stereocenters. The average molecular weight is 372 g/mol. The van der Waals surface area contributed by atoms with E-state index in [0.29, 0.717) is 18.9 Å². The van der Waals surface area contributed by atoms with Crippen LogP contribution in [0.2, 0.25) is 0 Å². The van der Waals surface area contributed by atoms with Crippen molar-refractivity contribution in [1.82, 2.24) is 10.2 Å². The highest BCUT2D eigenvalue weighted by molar-refractivity contribution is 5.77. The number of amides is 1. The van der Waals surface area contributed by atoms with E-state index in [4.69, 9.17) is 14.2 Å². The molecule has 146 valence electrons. The molecule has 2 aromatic rings. The fourth-order valence-corrected chi connectivity index (χ4v) is 2.72. The molecule has 2 aromatic carbocycles. The van der Waals surface area contributed by atoms with Crippen LogP contribution in [0.15, 0.2) is 48.5 Å². The summed E-state index contributed by atoms with van der Waals surface area (Å²) in [6, 6.07) is 15.0. The molecule has 0 aliphatic rings. The lowest BCUT2D eigenvalue weighted by Gasteiger charge is -2.26. The summed E-state index contributed by atoms with van der Waals surface area (Å²) in [5, 5.41) is 2.93. The van der Waals surface area contributed by atoms with Gasteiger partial charge >= 0.3 is 0 Å². The zero-order chi connectivity index (χ0) is 19.6. The summed E-state index contributed by atoms with van der Waals surface area (Å²) in [5.41, 5.74) is 1.03. The summed E-state index contributed by atoms with van der Waals surface area (Å²) >= 11 is 0. The number of benzene rings is 2. The van der Waals surface area contributed by atoms with Crippen molar-refractivity contribution >= 4 is 5.91 Å². The van der Waals surface area contributed by atoms with E-state index in [9.17, 15) is 4.79 Å². The van der Waals surface area contributed by atoms with Gasteiger partial charge in [-0.3, -0.25) is 4.79 Å². The number of ether oxygens (including phenoxy) is 3. The molecular formula is C21H28N2O4. The molecule has 2 rings (SSSR count). The first kappa shape index (κ1) is 20.6. The van der Waals surface area contributed by atoms with E-state index in [0.717, 1.165) is 17.1 Å². The Bertz CT molecular complexity index is 716. The summed E-state index contributed by atoms with van der Waals surface area (Å²) in [7, 11) is 5.59. The van der Waals surface area contributed by atoms with Crippen molar-refractivity contribution in [3.8, 4) is 17.2 Å². The maximum atomic E-state index is 12.2. The monoisotopic (exact) mass is 372 g/mol. The maximum absolute atomic E-state index is 12.2. The molecule has 1 unspecified atom stereocenters. The highest BCUT2D eigenvalue weighted by Gasteiger charge is 2.19. The van der Waals surface area contributed by atoms with Gasteiger partial charge in [0, 0.05) is 12.1 Å². The molecule has 0 aliphatic heterocycles. The summed E-state index contributed by atoms with van der Waals surface area (Å²) in [6.07, 6.45) is 0. The minimum Gasteiger partial charge on any atom is -0.496 e. The summed E-state index contributed by atoms with van der Waals surface area (Å²) in [6.45, 7) is 2.96. The zero-order valence-electron chi connectivity index (χ0n) is 16.4. The van der Waals surface area contributed by atoms with Gasteiger partial charge in [0.25, 0.3) is 5.91 Å². The van der Waals surface area contributed by atoms with Crippen LogP contribution >= 0.6 is 0 Å². The number of methoxy groups -OCH3 is 1. The second-order valence-corrected chi connectivity index (χ2v) is 6.22. The lowest BCUT2D eigenvalue weighted by molar-refractivity contribution is -0.123. The van der Waals surface area contributed by atoms with Gasteiger partial charge in [0.05, 0.1) is 19.8 Å². The fourth-order valence-electron chi connectivity index (χ4n) is 2.72. The Morgan fingerprint density at radius 1 is 1.04 bits per heavy atom. The van der Waals surface area contributed by atoms with Crippen molar-refractivity contribution in [2.45, 2.75) is 13.0 Å². The molecule has 0 spiro atoms. The van der Waals surface area contributed by atoms with Gasteiger partial charge in [-0.05, 0) is 51.4 Å². The third-order valence-electron chi connectivity index (χ3n) is 4.12. The zero-order valence-corrected chi connectivity index (χ0v) is 16.4. The van der Waals surface area contributed by atoms with Gasteiger partial charge in [-0.2, -0.15) is 0 Å². The van der Waals surface area contributed by atoms with Crippen molar-refractivity contribution in [3.63, 3.8) is 0 Å². The van der Waals surface area contributed by atoms with Crippen LogP contribution in [-0.2, 0) is 4.79 Å². The molecule has 6 heteroatoms. The third-order valence-corrected chi connectivity index (χ3v) is 4.12. The molecule has 0 bridgehead atoms. The number of likely N-dealkylation sites (N-methyl/N-ethyl adjacent to an activating group) is 1. The molecule has 0 radical (unpaired) electrons. The van der Waals surface area contributed by atoms with Gasteiger partial charge in [-0.25, -0.2) is 0 Å². The Balaban J connectivity index is 1.88. The maximum Gasteiger partial charge on any atom is 0.258 e. The molecule has 0 aromatic heterocycles. The van der Waals surface area contributed by atoms with Crippen LogP contribution in [0.5, 0.6) is 17.2 Å². The van der Waals surface area contributed by atoms with Gasteiger partial charge in [0.1, 0.15) is 17.2 Å². The summed E-state index contributed by atoms with van der Waals surface area (Å²) in [4.78, 5) is 14.2. The van der Waals surface area contributed by atoms with Gasteiger partial charge in [-0.1, -0.05) is 18.2 Å². The highest BCUT2D eigenvalue weighted by atomic mass is 16.5. The average Bonchev–Trinajstić information content (AvgIpc) is 2.68. The van der Waals surface area contributed by atoms with Crippen molar-refractivity contribution < 1.29 is 19.0 Å². The summed E-state index contributed by atoms with van der Waals surface area (Å²) < 4.78 is 16.4. The molecule has 0 saturated heterocycles. The van der Waals surface area contributed by atoms with E-state index >= 15 is 0 Å². The highest BCUT2D eigenvalue weighted by Crippen LogP contribution is 2.27. The van der Waals surface area contributed by atoms with Gasteiger partial charge < -0.3 is 24.4 Å². The van der Waals surface area contributed by atoms with Crippen LogP contribution in [0.25, 0.3) is 0 Å². The Labute approximate surface area is 161 Å². The number of nitrogens with one attached hydrogen (secondary N) is 1. The number of hydrogen-bond acceptors (Lipinski definition) is 5. The normalized spacial score (nSPS) is 11.7.